The van der Waals surface area contributed by atoms with Gasteiger partial charge in [-0.05, 0) is 32.5 Å². The molecule has 0 aliphatic heterocycles. The van der Waals surface area contributed by atoms with E-state index in [1.54, 1.807) is 6.20 Å². The Hall–Kier alpha value is -1.55. The highest BCUT2D eigenvalue weighted by Crippen LogP contribution is 2.15. The molecule has 0 spiro atoms. The largest absolute Gasteiger partial charge is 0.463 e. The van der Waals surface area contributed by atoms with Crippen LogP contribution in [0.1, 0.15) is 22.9 Å². The maximum atomic E-state index is 5.77. The molecule has 2 rings (SSSR count). The van der Waals surface area contributed by atoms with Crippen molar-refractivity contribution in [1.29, 1.82) is 0 Å². The van der Waals surface area contributed by atoms with Gasteiger partial charge in [-0.1, -0.05) is 0 Å². The molecule has 4 heteroatoms. The summed E-state index contributed by atoms with van der Waals surface area (Å²) in [4.78, 5) is 4.19. The number of hydrogen-bond donors (Lipinski definition) is 1. The second-order valence-electron chi connectivity index (χ2n) is 3.95. The minimum atomic E-state index is 0.746. The Morgan fingerprint density at radius 3 is 2.88 bits per heavy atom. The van der Waals surface area contributed by atoms with Gasteiger partial charge < -0.3 is 14.3 Å². The van der Waals surface area contributed by atoms with Crippen LogP contribution in [-0.2, 0) is 13.1 Å². The Morgan fingerprint density at radius 1 is 1.44 bits per heavy atom. The van der Waals surface area contributed by atoms with Crippen LogP contribution in [0.2, 0.25) is 0 Å². The molecular weight excluding hydrogens is 202 g/mol. The van der Waals surface area contributed by atoms with E-state index in [1.165, 1.54) is 5.56 Å². The van der Waals surface area contributed by atoms with Gasteiger partial charge >= 0.3 is 0 Å². The number of nitrogens with one attached hydrogen (secondary N) is 1. The Morgan fingerprint density at radius 2 is 2.25 bits per heavy atom. The van der Waals surface area contributed by atoms with Crippen LogP contribution in [0.25, 0.3) is 0 Å². The predicted molar refractivity (Wildman–Crippen MR) is 62.3 cm³/mol. The summed E-state index contributed by atoms with van der Waals surface area (Å²) in [6, 6.07) is 2.09. The number of imidazole rings is 1. The Labute approximate surface area is 95.3 Å². The molecule has 0 bridgehead atoms. The molecule has 0 aliphatic rings. The average Bonchev–Trinajstić information content (AvgIpc) is 2.77. The van der Waals surface area contributed by atoms with E-state index in [0.29, 0.717) is 0 Å². The highest BCUT2D eigenvalue weighted by molar-refractivity contribution is 5.20. The Balaban J connectivity index is 2.16. The molecule has 0 fully saturated rings. The van der Waals surface area contributed by atoms with Crippen molar-refractivity contribution in [3.8, 4) is 0 Å². The fraction of sp³-hybridized carbons (Fsp3) is 0.417. The maximum absolute atomic E-state index is 5.77. The van der Waals surface area contributed by atoms with Gasteiger partial charge in [-0.3, -0.25) is 0 Å². The molecular formula is C12H17N3O. The van der Waals surface area contributed by atoms with Gasteiger partial charge in [0.25, 0.3) is 0 Å². The summed E-state index contributed by atoms with van der Waals surface area (Å²) in [5.41, 5.74) is 1.20. The minimum absolute atomic E-state index is 0.746. The van der Waals surface area contributed by atoms with Crippen LogP contribution in [0.15, 0.2) is 22.9 Å². The van der Waals surface area contributed by atoms with Gasteiger partial charge in [0.1, 0.15) is 17.3 Å². The van der Waals surface area contributed by atoms with Crippen molar-refractivity contribution in [2.24, 2.45) is 0 Å². The van der Waals surface area contributed by atoms with E-state index in [9.17, 15) is 0 Å². The van der Waals surface area contributed by atoms with Crippen LogP contribution < -0.4 is 5.32 Å². The Bertz CT molecular complexity index is 470. The third-order valence-corrected chi connectivity index (χ3v) is 2.66. The second kappa shape index (κ2) is 4.53. The van der Waals surface area contributed by atoms with Crippen molar-refractivity contribution in [2.45, 2.75) is 26.9 Å². The number of aryl methyl sites for hydroxylation is 2. The normalized spacial score (nSPS) is 10.9. The van der Waals surface area contributed by atoms with Gasteiger partial charge in [-0.15, -0.1) is 0 Å². The van der Waals surface area contributed by atoms with Crippen molar-refractivity contribution in [1.82, 2.24) is 14.9 Å². The molecule has 2 aromatic rings. The first-order valence-electron chi connectivity index (χ1n) is 5.41. The topological polar surface area (TPSA) is 43.0 Å². The molecule has 0 aliphatic carbocycles. The van der Waals surface area contributed by atoms with E-state index in [-0.39, 0.29) is 0 Å². The van der Waals surface area contributed by atoms with Crippen molar-refractivity contribution in [3.05, 3.63) is 41.4 Å². The van der Waals surface area contributed by atoms with Gasteiger partial charge in [-0.2, -0.15) is 0 Å². The lowest BCUT2D eigenvalue weighted by Crippen LogP contribution is -2.04. The van der Waals surface area contributed by atoms with Crippen molar-refractivity contribution in [2.75, 3.05) is 7.05 Å². The fourth-order valence-electron chi connectivity index (χ4n) is 1.74. The van der Waals surface area contributed by atoms with Crippen LogP contribution in [0.3, 0.4) is 0 Å². The van der Waals surface area contributed by atoms with Crippen molar-refractivity contribution >= 4 is 0 Å². The molecule has 0 aromatic carbocycles. The SMILES string of the molecule is CNCc1oc(Cn2ccnc2C)cc1C. The molecule has 16 heavy (non-hydrogen) atoms. The van der Waals surface area contributed by atoms with Gasteiger partial charge in [-0.25, -0.2) is 4.98 Å². The number of furan rings is 1. The first-order valence-corrected chi connectivity index (χ1v) is 5.41. The number of aromatic nitrogens is 2. The molecule has 4 nitrogen and oxygen atoms in total. The third kappa shape index (κ3) is 2.17. The van der Waals surface area contributed by atoms with Crippen LogP contribution >= 0.6 is 0 Å². The fourth-order valence-corrected chi connectivity index (χ4v) is 1.74. The number of nitrogens with zero attached hydrogens (tertiary/aromatic N) is 2. The highest BCUT2D eigenvalue weighted by atomic mass is 16.3. The standard InChI is InChI=1S/C12H17N3O/c1-9-6-11(16-12(9)7-13-3)8-15-5-4-14-10(15)2/h4-6,13H,7-8H2,1-3H3. The lowest BCUT2D eigenvalue weighted by atomic mass is 10.2. The first kappa shape index (κ1) is 11.0. The lowest BCUT2D eigenvalue weighted by molar-refractivity contribution is 0.441. The molecule has 2 heterocycles. The van der Waals surface area contributed by atoms with E-state index in [4.69, 9.17) is 4.42 Å². The zero-order valence-electron chi connectivity index (χ0n) is 9.95. The summed E-state index contributed by atoms with van der Waals surface area (Å²) in [7, 11) is 1.92. The van der Waals surface area contributed by atoms with Gasteiger partial charge in [0.05, 0.1) is 13.1 Å². The Kier molecular flexibility index (Phi) is 3.10. The maximum Gasteiger partial charge on any atom is 0.124 e. The quantitative estimate of drug-likeness (QED) is 0.853. The molecule has 2 aromatic heterocycles. The number of hydrogen-bond acceptors (Lipinski definition) is 3. The monoisotopic (exact) mass is 219 g/mol. The summed E-state index contributed by atoms with van der Waals surface area (Å²) in [5, 5.41) is 3.10. The highest BCUT2D eigenvalue weighted by Gasteiger charge is 2.07. The zero-order chi connectivity index (χ0) is 11.5. The van der Waals surface area contributed by atoms with E-state index < -0.39 is 0 Å². The second-order valence-corrected chi connectivity index (χ2v) is 3.95. The van der Waals surface area contributed by atoms with E-state index in [1.807, 2.05) is 20.2 Å². The lowest BCUT2D eigenvalue weighted by Gasteiger charge is -2.01. The van der Waals surface area contributed by atoms with Gasteiger partial charge in [0.15, 0.2) is 0 Å². The van der Waals surface area contributed by atoms with Crippen LogP contribution in [0.4, 0.5) is 0 Å². The smallest absolute Gasteiger partial charge is 0.124 e. The van der Waals surface area contributed by atoms with E-state index in [2.05, 4.69) is 27.9 Å². The van der Waals surface area contributed by atoms with Crippen LogP contribution in [0, 0.1) is 13.8 Å². The average molecular weight is 219 g/mol. The molecule has 0 amide bonds. The molecule has 0 saturated heterocycles. The number of rotatable bonds is 4. The van der Waals surface area contributed by atoms with Gasteiger partial charge in [0.2, 0.25) is 0 Å². The van der Waals surface area contributed by atoms with E-state index in [0.717, 1.165) is 30.4 Å². The van der Waals surface area contributed by atoms with E-state index >= 15 is 0 Å². The predicted octanol–water partition coefficient (Wildman–Crippen LogP) is 1.86. The van der Waals surface area contributed by atoms with Crippen molar-refractivity contribution < 1.29 is 4.42 Å². The summed E-state index contributed by atoms with van der Waals surface area (Å²) in [6.07, 6.45) is 3.77. The van der Waals surface area contributed by atoms with Crippen LogP contribution in [-0.4, -0.2) is 16.6 Å². The minimum Gasteiger partial charge on any atom is -0.463 e. The first-order chi connectivity index (χ1) is 7.70. The zero-order valence-corrected chi connectivity index (χ0v) is 9.95. The summed E-state index contributed by atoms with van der Waals surface area (Å²) in [6.45, 7) is 5.58. The summed E-state index contributed by atoms with van der Waals surface area (Å²) < 4.78 is 7.84. The summed E-state index contributed by atoms with van der Waals surface area (Å²) in [5.74, 6) is 2.99. The van der Waals surface area contributed by atoms with Crippen molar-refractivity contribution in [3.63, 3.8) is 0 Å². The molecule has 0 atom stereocenters. The molecule has 1 N–H and O–H groups in total. The molecule has 86 valence electrons. The van der Waals surface area contributed by atoms with Crippen LogP contribution in [0.5, 0.6) is 0 Å². The summed E-state index contributed by atoms with van der Waals surface area (Å²) >= 11 is 0. The molecule has 0 radical (unpaired) electrons. The molecule has 0 unspecified atom stereocenters. The third-order valence-electron chi connectivity index (χ3n) is 2.66. The van der Waals surface area contributed by atoms with Gasteiger partial charge in [0, 0.05) is 12.4 Å². The molecule has 0 saturated carbocycles.